The van der Waals surface area contributed by atoms with Crippen LogP contribution >= 0.6 is 0 Å². The van der Waals surface area contributed by atoms with Crippen molar-refractivity contribution in [3.8, 4) is 11.5 Å². The first-order valence-electron chi connectivity index (χ1n) is 7.27. The molecule has 2 aromatic rings. The van der Waals surface area contributed by atoms with Crippen molar-refractivity contribution in [1.82, 2.24) is 0 Å². The van der Waals surface area contributed by atoms with Crippen LogP contribution in [-0.2, 0) is 6.42 Å². The molecular weight excluding hydrogens is 264 g/mol. The molecule has 1 atom stereocenters. The summed E-state index contributed by atoms with van der Waals surface area (Å²) in [6.07, 6.45) is 0.0639. The highest BCUT2D eigenvalue weighted by molar-refractivity contribution is 5.45. The van der Waals surface area contributed by atoms with Crippen molar-refractivity contribution >= 4 is 0 Å². The molecule has 2 aromatic carbocycles. The van der Waals surface area contributed by atoms with E-state index >= 15 is 0 Å². The molecule has 0 radical (unpaired) electrons. The number of benzene rings is 2. The minimum absolute atomic E-state index is 0.540. The van der Waals surface area contributed by atoms with E-state index in [1.54, 1.807) is 0 Å². The Kier molecular flexibility index (Phi) is 3.84. The van der Waals surface area contributed by atoms with Crippen molar-refractivity contribution in [2.45, 2.75) is 26.4 Å². The van der Waals surface area contributed by atoms with Gasteiger partial charge in [-0.25, -0.2) is 0 Å². The molecule has 3 rings (SSSR count). The predicted molar refractivity (Wildman–Crippen MR) is 82.0 cm³/mol. The van der Waals surface area contributed by atoms with E-state index in [1.807, 2.05) is 18.2 Å². The lowest BCUT2D eigenvalue weighted by Crippen LogP contribution is -2.15. The van der Waals surface area contributed by atoms with Gasteiger partial charge in [-0.1, -0.05) is 29.8 Å². The topological polar surface area (TPSA) is 38.7 Å². The van der Waals surface area contributed by atoms with Gasteiger partial charge in [0.2, 0.25) is 0 Å². The van der Waals surface area contributed by atoms with Crippen molar-refractivity contribution in [3.05, 3.63) is 58.7 Å². The van der Waals surface area contributed by atoms with Crippen molar-refractivity contribution in [2.75, 3.05) is 13.2 Å². The highest BCUT2D eigenvalue weighted by Crippen LogP contribution is 2.33. The summed E-state index contributed by atoms with van der Waals surface area (Å²) in [6, 6.07) is 12.0. The van der Waals surface area contributed by atoms with Crippen LogP contribution < -0.4 is 9.47 Å². The van der Waals surface area contributed by atoms with Crippen LogP contribution in [0.1, 0.15) is 28.4 Å². The van der Waals surface area contributed by atoms with E-state index in [-0.39, 0.29) is 0 Å². The van der Waals surface area contributed by atoms with Gasteiger partial charge >= 0.3 is 0 Å². The van der Waals surface area contributed by atoms with E-state index in [2.05, 4.69) is 32.0 Å². The number of ether oxygens (including phenoxy) is 2. The summed E-state index contributed by atoms with van der Waals surface area (Å²) < 4.78 is 11.1. The first-order chi connectivity index (χ1) is 10.1. The number of hydrogen-bond donors (Lipinski definition) is 1. The standard InChI is InChI=1S/C18H20O3/c1-12-3-4-13(2)15(9-12)10-16(19)14-5-6-17-18(11-14)21-8-7-20-17/h3-6,9,11,16,19H,7-8,10H2,1-2H3. The molecule has 1 aliphatic rings. The zero-order valence-corrected chi connectivity index (χ0v) is 12.4. The molecule has 21 heavy (non-hydrogen) atoms. The molecule has 0 saturated heterocycles. The van der Waals surface area contributed by atoms with Crippen LogP contribution in [-0.4, -0.2) is 18.3 Å². The minimum atomic E-state index is -0.540. The zero-order chi connectivity index (χ0) is 14.8. The molecule has 0 spiro atoms. The van der Waals surface area contributed by atoms with E-state index in [9.17, 15) is 5.11 Å². The van der Waals surface area contributed by atoms with E-state index < -0.39 is 6.10 Å². The van der Waals surface area contributed by atoms with Gasteiger partial charge in [0.25, 0.3) is 0 Å². The SMILES string of the molecule is Cc1ccc(C)c(CC(O)c2ccc3c(c2)OCCO3)c1. The summed E-state index contributed by atoms with van der Waals surface area (Å²) in [6.45, 7) is 5.28. The molecule has 0 fully saturated rings. The third-order valence-electron chi connectivity index (χ3n) is 3.87. The fourth-order valence-corrected chi connectivity index (χ4v) is 2.61. The summed E-state index contributed by atoms with van der Waals surface area (Å²) in [7, 11) is 0. The number of hydrogen-bond acceptors (Lipinski definition) is 3. The van der Waals surface area contributed by atoms with Crippen molar-refractivity contribution in [3.63, 3.8) is 0 Å². The van der Waals surface area contributed by atoms with Crippen molar-refractivity contribution in [2.24, 2.45) is 0 Å². The Balaban J connectivity index is 1.82. The monoisotopic (exact) mass is 284 g/mol. The Bertz CT molecular complexity index is 649. The molecule has 1 aliphatic heterocycles. The van der Waals surface area contributed by atoms with Gasteiger partial charge in [0, 0.05) is 6.42 Å². The second-order valence-electron chi connectivity index (χ2n) is 5.55. The zero-order valence-electron chi connectivity index (χ0n) is 12.4. The van der Waals surface area contributed by atoms with Gasteiger partial charge in [0.1, 0.15) is 13.2 Å². The first-order valence-corrected chi connectivity index (χ1v) is 7.27. The maximum absolute atomic E-state index is 10.5. The Morgan fingerprint density at radius 3 is 2.57 bits per heavy atom. The summed E-state index contributed by atoms with van der Waals surface area (Å²) in [5.74, 6) is 1.47. The van der Waals surface area contributed by atoms with E-state index in [0.717, 1.165) is 17.1 Å². The molecule has 1 N–H and O–H groups in total. The number of aliphatic hydroxyl groups is 1. The molecule has 3 nitrogen and oxygen atoms in total. The third-order valence-corrected chi connectivity index (χ3v) is 3.87. The smallest absolute Gasteiger partial charge is 0.161 e. The van der Waals surface area contributed by atoms with Gasteiger partial charge in [0.05, 0.1) is 6.10 Å². The lowest BCUT2D eigenvalue weighted by Gasteiger charge is -2.20. The maximum atomic E-state index is 10.5. The second-order valence-corrected chi connectivity index (χ2v) is 5.55. The molecule has 0 amide bonds. The first kappa shape index (κ1) is 14.0. The molecule has 0 aliphatic carbocycles. The largest absolute Gasteiger partial charge is 0.486 e. The molecule has 1 unspecified atom stereocenters. The Morgan fingerprint density at radius 1 is 1.00 bits per heavy atom. The van der Waals surface area contributed by atoms with Crippen LogP contribution in [0.4, 0.5) is 0 Å². The van der Waals surface area contributed by atoms with Crippen LogP contribution in [0, 0.1) is 13.8 Å². The highest BCUT2D eigenvalue weighted by Gasteiger charge is 2.16. The highest BCUT2D eigenvalue weighted by atomic mass is 16.6. The Morgan fingerprint density at radius 2 is 1.76 bits per heavy atom. The van der Waals surface area contributed by atoms with Gasteiger partial charge in [-0.15, -0.1) is 0 Å². The number of aryl methyl sites for hydroxylation is 2. The molecule has 110 valence electrons. The van der Waals surface area contributed by atoms with Crippen LogP contribution in [0.2, 0.25) is 0 Å². The summed E-state index contributed by atoms with van der Waals surface area (Å²) in [4.78, 5) is 0. The van der Waals surface area contributed by atoms with Gasteiger partial charge in [-0.05, 0) is 42.7 Å². The summed E-state index contributed by atoms with van der Waals surface area (Å²) in [5, 5.41) is 10.5. The Labute approximate surface area is 125 Å². The van der Waals surface area contributed by atoms with Crippen molar-refractivity contribution < 1.29 is 14.6 Å². The van der Waals surface area contributed by atoms with Gasteiger partial charge < -0.3 is 14.6 Å². The quantitative estimate of drug-likeness (QED) is 0.939. The molecular formula is C18H20O3. The summed E-state index contributed by atoms with van der Waals surface area (Å²) in [5.41, 5.74) is 4.46. The fourth-order valence-electron chi connectivity index (χ4n) is 2.61. The number of fused-ring (bicyclic) bond motifs is 1. The molecule has 0 aromatic heterocycles. The second kappa shape index (κ2) is 5.78. The predicted octanol–water partition coefficient (Wildman–Crippen LogP) is 3.35. The lowest BCUT2D eigenvalue weighted by molar-refractivity contribution is 0.164. The maximum Gasteiger partial charge on any atom is 0.161 e. The number of rotatable bonds is 3. The van der Waals surface area contributed by atoms with Crippen LogP contribution in [0.5, 0.6) is 11.5 Å². The molecule has 1 heterocycles. The molecule has 0 bridgehead atoms. The van der Waals surface area contributed by atoms with E-state index in [0.29, 0.717) is 19.6 Å². The third kappa shape index (κ3) is 3.03. The summed E-state index contributed by atoms with van der Waals surface area (Å²) >= 11 is 0. The fraction of sp³-hybridized carbons (Fsp3) is 0.333. The Hall–Kier alpha value is -2.00. The van der Waals surface area contributed by atoms with E-state index in [4.69, 9.17) is 9.47 Å². The minimum Gasteiger partial charge on any atom is -0.486 e. The van der Waals surface area contributed by atoms with E-state index in [1.165, 1.54) is 16.7 Å². The average molecular weight is 284 g/mol. The molecule has 3 heteroatoms. The average Bonchev–Trinajstić information content (AvgIpc) is 2.50. The normalized spacial score (nSPS) is 14.8. The van der Waals surface area contributed by atoms with Crippen LogP contribution in [0.25, 0.3) is 0 Å². The van der Waals surface area contributed by atoms with Gasteiger partial charge in [0.15, 0.2) is 11.5 Å². The van der Waals surface area contributed by atoms with Crippen LogP contribution in [0.3, 0.4) is 0 Å². The molecule has 0 saturated carbocycles. The van der Waals surface area contributed by atoms with Crippen LogP contribution in [0.15, 0.2) is 36.4 Å². The van der Waals surface area contributed by atoms with Crippen molar-refractivity contribution in [1.29, 1.82) is 0 Å². The lowest BCUT2D eigenvalue weighted by atomic mass is 9.96. The van der Waals surface area contributed by atoms with Gasteiger partial charge in [-0.2, -0.15) is 0 Å². The van der Waals surface area contributed by atoms with Gasteiger partial charge in [-0.3, -0.25) is 0 Å². The number of aliphatic hydroxyl groups excluding tert-OH is 1.